The first-order valence-electron chi connectivity index (χ1n) is 8.03. The number of pyridine rings is 1. The molecular formula is C22H20N+. The maximum absolute atomic E-state index is 2.32. The third kappa shape index (κ3) is 2.20. The Hall–Kier alpha value is -2.67. The fourth-order valence-electron chi connectivity index (χ4n) is 3.47. The number of aryl methyl sites for hydroxylation is 3. The molecule has 4 aromatic rings. The van der Waals surface area contributed by atoms with Crippen LogP contribution in [-0.4, -0.2) is 0 Å². The number of fused-ring (bicyclic) bond motifs is 2. The highest BCUT2D eigenvalue weighted by atomic mass is 14.9. The standard InChI is InChI=1S/C22H20N/c1-15-8-10-18-12-13-20(23(3)21(18)14-15)22-16(2)9-11-17-6-4-5-7-19(17)22/h4-14H,1-3H3/q+1. The zero-order valence-corrected chi connectivity index (χ0v) is 13.8. The summed E-state index contributed by atoms with van der Waals surface area (Å²) in [7, 11) is 2.16. The molecule has 1 nitrogen and oxygen atoms in total. The van der Waals surface area contributed by atoms with Crippen molar-refractivity contribution in [1.29, 1.82) is 0 Å². The summed E-state index contributed by atoms with van der Waals surface area (Å²) in [4.78, 5) is 0. The molecule has 0 spiro atoms. The van der Waals surface area contributed by atoms with Gasteiger partial charge in [0, 0.05) is 17.5 Å². The molecule has 1 heteroatoms. The Labute approximate surface area is 136 Å². The first kappa shape index (κ1) is 14.0. The number of nitrogens with zero attached hydrogens (tertiary/aromatic N) is 1. The highest BCUT2D eigenvalue weighted by molar-refractivity contribution is 5.97. The molecule has 0 amide bonds. The average molecular weight is 298 g/mol. The predicted molar refractivity (Wildman–Crippen MR) is 97.5 cm³/mol. The Kier molecular flexibility index (Phi) is 3.16. The summed E-state index contributed by atoms with van der Waals surface area (Å²) in [6, 6.07) is 24.2. The van der Waals surface area contributed by atoms with Crippen LogP contribution in [0.4, 0.5) is 0 Å². The van der Waals surface area contributed by atoms with Gasteiger partial charge in [-0.1, -0.05) is 42.5 Å². The van der Waals surface area contributed by atoms with Crippen LogP contribution in [0.3, 0.4) is 0 Å². The Morgan fingerprint density at radius 2 is 1.48 bits per heavy atom. The zero-order chi connectivity index (χ0) is 16.0. The van der Waals surface area contributed by atoms with E-state index in [1.807, 2.05) is 0 Å². The molecule has 112 valence electrons. The molecule has 0 aliphatic rings. The van der Waals surface area contributed by atoms with Crippen LogP contribution >= 0.6 is 0 Å². The minimum Gasteiger partial charge on any atom is -0.194 e. The SMILES string of the molecule is Cc1ccc2ccc(-c3c(C)ccc4ccccc34)[n+](C)c2c1. The van der Waals surface area contributed by atoms with Crippen LogP contribution in [0.15, 0.2) is 66.7 Å². The molecule has 1 aromatic heterocycles. The summed E-state index contributed by atoms with van der Waals surface area (Å²) in [5, 5.41) is 3.88. The van der Waals surface area contributed by atoms with Gasteiger partial charge in [0.15, 0.2) is 0 Å². The summed E-state index contributed by atoms with van der Waals surface area (Å²) in [6.45, 7) is 4.34. The van der Waals surface area contributed by atoms with E-state index in [0.29, 0.717) is 0 Å². The molecule has 0 atom stereocenters. The molecule has 0 aliphatic heterocycles. The first-order valence-corrected chi connectivity index (χ1v) is 8.03. The lowest BCUT2D eigenvalue weighted by atomic mass is 9.96. The molecule has 0 aliphatic carbocycles. The minimum absolute atomic E-state index is 1.26. The van der Waals surface area contributed by atoms with Gasteiger partial charge in [0.1, 0.15) is 7.05 Å². The van der Waals surface area contributed by atoms with E-state index in [0.717, 1.165) is 0 Å². The number of aromatic nitrogens is 1. The van der Waals surface area contributed by atoms with Crippen molar-refractivity contribution in [3.8, 4) is 11.3 Å². The molecule has 0 unspecified atom stereocenters. The summed E-state index contributed by atoms with van der Waals surface area (Å²) in [5.41, 5.74) is 6.47. The third-order valence-electron chi connectivity index (χ3n) is 4.72. The van der Waals surface area contributed by atoms with E-state index in [9.17, 15) is 0 Å². The maximum Gasteiger partial charge on any atom is 0.213 e. The quantitative estimate of drug-likeness (QED) is 0.430. The van der Waals surface area contributed by atoms with Gasteiger partial charge in [-0.2, -0.15) is 4.57 Å². The van der Waals surface area contributed by atoms with E-state index in [-0.39, 0.29) is 0 Å². The zero-order valence-electron chi connectivity index (χ0n) is 13.8. The van der Waals surface area contributed by atoms with Crippen LogP contribution in [0.2, 0.25) is 0 Å². The van der Waals surface area contributed by atoms with E-state index < -0.39 is 0 Å². The summed E-state index contributed by atoms with van der Waals surface area (Å²) in [6.07, 6.45) is 0. The number of rotatable bonds is 1. The lowest BCUT2D eigenvalue weighted by Gasteiger charge is -2.10. The Bertz CT molecular complexity index is 1040. The summed E-state index contributed by atoms with van der Waals surface area (Å²) in [5.74, 6) is 0. The van der Waals surface area contributed by atoms with Crippen molar-refractivity contribution in [2.24, 2.45) is 7.05 Å². The van der Waals surface area contributed by atoms with Crippen molar-refractivity contribution in [1.82, 2.24) is 0 Å². The largest absolute Gasteiger partial charge is 0.213 e. The molecule has 1 heterocycles. The van der Waals surface area contributed by atoms with E-state index in [1.165, 1.54) is 44.1 Å². The second-order valence-corrected chi connectivity index (χ2v) is 6.32. The van der Waals surface area contributed by atoms with E-state index in [2.05, 4.69) is 92.2 Å². The summed E-state index contributed by atoms with van der Waals surface area (Å²) >= 11 is 0. The van der Waals surface area contributed by atoms with Crippen molar-refractivity contribution in [3.63, 3.8) is 0 Å². The predicted octanol–water partition coefficient (Wildman–Crippen LogP) is 5.10. The van der Waals surface area contributed by atoms with E-state index >= 15 is 0 Å². The van der Waals surface area contributed by atoms with Gasteiger partial charge in [0.2, 0.25) is 11.2 Å². The van der Waals surface area contributed by atoms with Gasteiger partial charge in [-0.15, -0.1) is 0 Å². The van der Waals surface area contributed by atoms with Gasteiger partial charge in [0.05, 0.1) is 5.56 Å². The van der Waals surface area contributed by atoms with Gasteiger partial charge in [-0.05, 0) is 47.9 Å². The number of benzene rings is 3. The van der Waals surface area contributed by atoms with E-state index in [1.54, 1.807) is 0 Å². The monoisotopic (exact) mass is 298 g/mol. The van der Waals surface area contributed by atoms with Crippen LogP contribution in [0.5, 0.6) is 0 Å². The minimum atomic E-state index is 1.26. The molecule has 0 fully saturated rings. The lowest BCUT2D eigenvalue weighted by molar-refractivity contribution is -0.633. The summed E-state index contributed by atoms with van der Waals surface area (Å²) < 4.78 is 2.32. The van der Waals surface area contributed by atoms with Crippen LogP contribution < -0.4 is 4.57 Å². The van der Waals surface area contributed by atoms with Gasteiger partial charge in [-0.25, -0.2) is 0 Å². The van der Waals surface area contributed by atoms with Crippen molar-refractivity contribution in [3.05, 3.63) is 77.9 Å². The lowest BCUT2D eigenvalue weighted by Crippen LogP contribution is -2.32. The van der Waals surface area contributed by atoms with Gasteiger partial charge < -0.3 is 0 Å². The molecule has 4 rings (SSSR count). The molecular weight excluding hydrogens is 278 g/mol. The second-order valence-electron chi connectivity index (χ2n) is 6.32. The van der Waals surface area contributed by atoms with Gasteiger partial charge >= 0.3 is 0 Å². The molecule has 0 radical (unpaired) electrons. The smallest absolute Gasteiger partial charge is 0.194 e. The Morgan fingerprint density at radius 1 is 0.739 bits per heavy atom. The first-order chi connectivity index (χ1) is 11.1. The Balaban J connectivity index is 2.11. The molecule has 0 saturated heterocycles. The molecule has 0 saturated carbocycles. The molecule has 0 bridgehead atoms. The van der Waals surface area contributed by atoms with Crippen LogP contribution in [-0.2, 0) is 7.05 Å². The maximum atomic E-state index is 2.32. The fourth-order valence-corrected chi connectivity index (χ4v) is 3.47. The molecule has 23 heavy (non-hydrogen) atoms. The number of hydrogen-bond donors (Lipinski definition) is 0. The highest BCUT2D eigenvalue weighted by Crippen LogP contribution is 2.30. The van der Waals surface area contributed by atoms with E-state index in [4.69, 9.17) is 0 Å². The van der Waals surface area contributed by atoms with Crippen LogP contribution in [0.1, 0.15) is 11.1 Å². The topological polar surface area (TPSA) is 3.88 Å². The highest BCUT2D eigenvalue weighted by Gasteiger charge is 2.18. The molecule has 0 N–H and O–H groups in total. The second kappa shape index (κ2) is 5.20. The van der Waals surface area contributed by atoms with Crippen molar-refractivity contribution in [2.45, 2.75) is 13.8 Å². The van der Waals surface area contributed by atoms with Crippen molar-refractivity contribution in [2.75, 3.05) is 0 Å². The third-order valence-corrected chi connectivity index (χ3v) is 4.72. The van der Waals surface area contributed by atoms with Crippen LogP contribution in [0.25, 0.3) is 32.9 Å². The molecule has 3 aromatic carbocycles. The van der Waals surface area contributed by atoms with Crippen molar-refractivity contribution < 1.29 is 4.57 Å². The average Bonchev–Trinajstić information content (AvgIpc) is 2.56. The van der Waals surface area contributed by atoms with Crippen molar-refractivity contribution >= 4 is 21.7 Å². The Morgan fingerprint density at radius 3 is 2.35 bits per heavy atom. The van der Waals surface area contributed by atoms with Gasteiger partial charge in [-0.3, -0.25) is 0 Å². The normalized spacial score (nSPS) is 11.3. The fraction of sp³-hybridized carbons (Fsp3) is 0.136. The van der Waals surface area contributed by atoms with Gasteiger partial charge in [0.25, 0.3) is 0 Å². The van der Waals surface area contributed by atoms with Crippen LogP contribution in [0, 0.1) is 13.8 Å². The number of hydrogen-bond acceptors (Lipinski definition) is 0.